The van der Waals surface area contributed by atoms with Gasteiger partial charge in [-0.3, -0.25) is 9.69 Å². The summed E-state index contributed by atoms with van der Waals surface area (Å²) in [5.41, 5.74) is 9.11. The Morgan fingerprint density at radius 1 is 0.930 bits per heavy atom. The second-order valence-electron chi connectivity index (χ2n) is 10.8. The summed E-state index contributed by atoms with van der Waals surface area (Å²) in [4.78, 5) is 30.4. The Kier molecular flexibility index (Phi) is 12.8. The molecular formula is C34H40F2N4O3. The normalized spacial score (nSPS) is 12.4. The quantitative estimate of drug-likeness (QED) is 0.181. The lowest BCUT2D eigenvalue weighted by atomic mass is 10.0. The molecule has 3 aromatic carbocycles. The van der Waals surface area contributed by atoms with Crippen LogP contribution >= 0.6 is 0 Å². The van der Waals surface area contributed by atoms with E-state index in [4.69, 9.17) is 10.5 Å². The summed E-state index contributed by atoms with van der Waals surface area (Å²) in [5, 5.41) is 9.51. The van der Waals surface area contributed by atoms with E-state index < -0.39 is 29.7 Å². The van der Waals surface area contributed by atoms with Crippen molar-refractivity contribution in [2.75, 3.05) is 26.2 Å². The maximum absolute atomic E-state index is 13.9. The van der Waals surface area contributed by atoms with Gasteiger partial charge in [-0.15, -0.1) is 0 Å². The summed E-state index contributed by atoms with van der Waals surface area (Å²) >= 11 is 0. The van der Waals surface area contributed by atoms with Crippen LogP contribution in [-0.4, -0.2) is 60.0 Å². The molecule has 43 heavy (non-hydrogen) atoms. The van der Waals surface area contributed by atoms with Crippen LogP contribution in [0, 0.1) is 29.9 Å². The number of hydrogen-bond acceptors (Lipinski definition) is 6. The zero-order valence-corrected chi connectivity index (χ0v) is 25.1. The summed E-state index contributed by atoms with van der Waals surface area (Å²) in [6.45, 7) is 7.56. The van der Waals surface area contributed by atoms with Gasteiger partial charge in [-0.25, -0.2) is 13.6 Å². The molecule has 0 saturated carbocycles. The Hall–Kier alpha value is -4.13. The summed E-state index contributed by atoms with van der Waals surface area (Å²) in [5.74, 6) is -2.31. The number of nitriles is 1. The molecule has 0 aromatic heterocycles. The van der Waals surface area contributed by atoms with Crippen molar-refractivity contribution in [2.24, 2.45) is 5.73 Å². The fourth-order valence-corrected chi connectivity index (χ4v) is 5.04. The number of rotatable bonds is 15. The van der Waals surface area contributed by atoms with Crippen LogP contribution in [-0.2, 0) is 17.7 Å². The molecule has 0 bridgehead atoms. The molecule has 0 spiro atoms. The number of carbonyl (C=O) groups is 2. The first-order valence-corrected chi connectivity index (χ1v) is 14.6. The van der Waals surface area contributed by atoms with Gasteiger partial charge < -0.3 is 15.4 Å². The van der Waals surface area contributed by atoms with Gasteiger partial charge >= 0.3 is 5.97 Å². The highest BCUT2D eigenvalue weighted by atomic mass is 19.1. The number of esters is 1. The third-order valence-electron chi connectivity index (χ3n) is 6.95. The molecule has 1 amide bonds. The fourth-order valence-electron chi connectivity index (χ4n) is 5.04. The number of amides is 1. The molecule has 0 saturated heterocycles. The first-order chi connectivity index (χ1) is 20.6. The highest BCUT2D eigenvalue weighted by Gasteiger charge is 2.27. The van der Waals surface area contributed by atoms with Crippen LogP contribution in [0.4, 0.5) is 8.78 Å². The Bertz CT molecular complexity index is 1380. The largest absolute Gasteiger partial charge is 0.456 e. The topological polar surface area (TPSA) is 99.7 Å². The number of halogens is 2. The Morgan fingerprint density at radius 3 is 2.16 bits per heavy atom. The van der Waals surface area contributed by atoms with Crippen molar-refractivity contribution in [3.8, 4) is 6.07 Å². The Labute approximate surface area is 252 Å². The third-order valence-corrected chi connectivity index (χ3v) is 6.95. The number of aryl methyl sites for hydroxylation is 1. The average molecular weight is 591 g/mol. The number of nitrogens with zero attached hydrogens (tertiary/aromatic N) is 3. The van der Waals surface area contributed by atoms with E-state index in [1.54, 1.807) is 28.9 Å². The summed E-state index contributed by atoms with van der Waals surface area (Å²) < 4.78 is 33.8. The minimum Gasteiger partial charge on any atom is -0.456 e. The van der Waals surface area contributed by atoms with Crippen molar-refractivity contribution in [1.29, 1.82) is 5.26 Å². The number of hydrogen-bond donors (Lipinski definition) is 1. The van der Waals surface area contributed by atoms with E-state index in [1.807, 2.05) is 44.2 Å². The maximum atomic E-state index is 13.9. The van der Waals surface area contributed by atoms with E-state index in [-0.39, 0.29) is 31.0 Å². The SMILES string of the molecule is CCCN(CCC)C(=O)c1cc(C)cc(C(=O)O[C@H](CN(CC#N)Cc2ccccc2)[C@@H](N)Cc2cc(F)cc(F)c2)c1. The van der Waals surface area contributed by atoms with Gasteiger partial charge in [0.05, 0.1) is 18.2 Å². The van der Waals surface area contributed by atoms with Crippen LogP contribution in [0.3, 0.4) is 0 Å². The van der Waals surface area contributed by atoms with Gasteiger partial charge in [0, 0.05) is 43.9 Å². The van der Waals surface area contributed by atoms with E-state index in [0.29, 0.717) is 30.8 Å². The minimum absolute atomic E-state index is 0.0267. The molecule has 3 aromatic rings. The number of benzene rings is 3. The Balaban J connectivity index is 1.90. The van der Waals surface area contributed by atoms with Gasteiger partial charge in [-0.05, 0) is 73.2 Å². The van der Waals surface area contributed by atoms with Crippen molar-refractivity contribution in [3.05, 3.63) is 106 Å². The molecule has 0 aliphatic rings. The monoisotopic (exact) mass is 590 g/mol. The molecule has 0 aliphatic heterocycles. The van der Waals surface area contributed by atoms with Crippen LogP contribution in [0.1, 0.15) is 64.1 Å². The molecule has 2 N–H and O–H groups in total. The first kappa shape index (κ1) is 33.4. The zero-order chi connectivity index (χ0) is 31.4. The van der Waals surface area contributed by atoms with Crippen LogP contribution in [0.15, 0.2) is 66.7 Å². The molecule has 9 heteroatoms. The highest BCUT2D eigenvalue weighted by Crippen LogP contribution is 2.18. The molecule has 7 nitrogen and oxygen atoms in total. The van der Waals surface area contributed by atoms with Gasteiger partial charge in [0.15, 0.2) is 0 Å². The lowest BCUT2D eigenvalue weighted by Gasteiger charge is -2.30. The summed E-state index contributed by atoms with van der Waals surface area (Å²) in [7, 11) is 0. The first-order valence-electron chi connectivity index (χ1n) is 14.6. The van der Waals surface area contributed by atoms with Gasteiger partial charge in [-0.2, -0.15) is 5.26 Å². The van der Waals surface area contributed by atoms with Crippen LogP contribution in [0.2, 0.25) is 0 Å². The average Bonchev–Trinajstić information content (AvgIpc) is 2.96. The lowest BCUT2D eigenvalue weighted by Crippen LogP contribution is -2.47. The molecule has 3 rings (SSSR count). The van der Waals surface area contributed by atoms with Crippen molar-refractivity contribution < 1.29 is 23.1 Å². The fraction of sp³-hybridized carbons (Fsp3) is 0.382. The van der Waals surface area contributed by atoms with E-state index in [1.165, 1.54) is 18.2 Å². The van der Waals surface area contributed by atoms with Crippen molar-refractivity contribution >= 4 is 11.9 Å². The van der Waals surface area contributed by atoms with Crippen molar-refractivity contribution in [2.45, 2.75) is 58.7 Å². The van der Waals surface area contributed by atoms with Gasteiger partial charge in [0.2, 0.25) is 0 Å². The van der Waals surface area contributed by atoms with Gasteiger partial charge in [0.1, 0.15) is 17.7 Å². The minimum atomic E-state index is -0.938. The maximum Gasteiger partial charge on any atom is 0.338 e. The smallest absolute Gasteiger partial charge is 0.338 e. The van der Waals surface area contributed by atoms with E-state index in [9.17, 15) is 23.6 Å². The van der Waals surface area contributed by atoms with Crippen molar-refractivity contribution in [3.63, 3.8) is 0 Å². The van der Waals surface area contributed by atoms with E-state index >= 15 is 0 Å². The molecule has 0 radical (unpaired) electrons. The van der Waals surface area contributed by atoms with E-state index in [0.717, 1.165) is 30.0 Å². The lowest BCUT2D eigenvalue weighted by molar-refractivity contribution is 0.0131. The summed E-state index contributed by atoms with van der Waals surface area (Å²) in [6, 6.07) is 18.9. The molecule has 228 valence electrons. The van der Waals surface area contributed by atoms with Crippen LogP contribution in [0.25, 0.3) is 0 Å². The van der Waals surface area contributed by atoms with Crippen LogP contribution < -0.4 is 5.73 Å². The molecular weight excluding hydrogens is 550 g/mol. The molecule has 0 fully saturated rings. The molecule has 2 atom stereocenters. The van der Waals surface area contributed by atoms with Gasteiger partial charge in [0.25, 0.3) is 5.91 Å². The molecule has 0 unspecified atom stereocenters. The number of nitrogens with two attached hydrogens (primary N) is 1. The van der Waals surface area contributed by atoms with Gasteiger partial charge in [-0.1, -0.05) is 44.2 Å². The second-order valence-corrected chi connectivity index (χ2v) is 10.8. The van der Waals surface area contributed by atoms with Crippen LogP contribution in [0.5, 0.6) is 0 Å². The van der Waals surface area contributed by atoms with Crippen molar-refractivity contribution in [1.82, 2.24) is 9.80 Å². The molecule has 0 aliphatic carbocycles. The number of carbonyl (C=O) groups excluding carboxylic acids is 2. The predicted octanol–water partition coefficient (Wildman–Crippen LogP) is 5.66. The molecule has 0 heterocycles. The zero-order valence-electron chi connectivity index (χ0n) is 25.1. The second kappa shape index (κ2) is 16.5. The summed E-state index contributed by atoms with van der Waals surface area (Å²) in [6.07, 6.45) is 0.707. The number of ether oxygens (including phenoxy) is 1. The predicted molar refractivity (Wildman–Crippen MR) is 162 cm³/mol. The third kappa shape index (κ3) is 10.3. The Morgan fingerprint density at radius 2 is 1.56 bits per heavy atom. The highest BCUT2D eigenvalue weighted by molar-refractivity contribution is 5.98. The standard InChI is InChI=1S/C34H40F2N4O3/c1-4-12-40(13-5-2)33(41)27-15-24(3)16-28(20-27)34(42)43-32(31(38)19-26-17-29(35)21-30(36)18-26)23-39(14-11-37)22-25-9-7-6-8-10-25/h6-10,15-18,20-21,31-32H,4-5,12-14,19,22-23,38H2,1-3H3/t31-,32+/m0/s1. The van der Waals surface area contributed by atoms with E-state index in [2.05, 4.69) is 6.07 Å².